The molecule has 0 saturated carbocycles. The molecular formula is C6H12BO4P+. The molecule has 1 fully saturated rings. The largest absolute Gasteiger partial charge is 0.694 e. The molecule has 0 amide bonds. The fourth-order valence-electron chi connectivity index (χ4n) is 1.25. The maximum absolute atomic E-state index is 10.2. The summed E-state index contributed by atoms with van der Waals surface area (Å²) in [5, 5.41) is 0. The molecule has 1 radical (unpaired) electrons. The van der Waals surface area contributed by atoms with Crippen LogP contribution in [-0.2, 0) is 13.8 Å². The minimum absolute atomic E-state index is 0.0164. The van der Waals surface area contributed by atoms with Gasteiger partial charge in [-0.05, 0) is 12.8 Å². The third-order valence-corrected chi connectivity index (χ3v) is 2.25. The Labute approximate surface area is 73.4 Å². The van der Waals surface area contributed by atoms with Gasteiger partial charge in [0.25, 0.3) is 0 Å². The normalized spacial score (nSPS) is 30.3. The highest BCUT2D eigenvalue weighted by Crippen LogP contribution is 2.23. The molecule has 0 spiro atoms. The van der Waals surface area contributed by atoms with Gasteiger partial charge in [0, 0.05) is 10.6 Å². The van der Waals surface area contributed by atoms with E-state index in [9.17, 15) is 4.57 Å². The van der Waals surface area contributed by atoms with Gasteiger partial charge in [-0.2, -0.15) is 0 Å². The van der Waals surface area contributed by atoms with Crippen LogP contribution in [0.15, 0.2) is 0 Å². The predicted octanol–water partition coefficient (Wildman–Crippen LogP) is 0.910. The molecule has 1 heterocycles. The zero-order chi connectivity index (χ0) is 8.97. The van der Waals surface area contributed by atoms with Crippen LogP contribution in [0.3, 0.4) is 0 Å². The van der Waals surface area contributed by atoms with Gasteiger partial charge in [0.1, 0.15) is 13.9 Å². The summed E-state index contributed by atoms with van der Waals surface area (Å²) in [4.78, 5) is 8.36. The van der Waals surface area contributed by atoms with Crippen molar-refractivity contribution < 1.29 is 18.7 Å². The standard InChI is InChI=1S/C6H11BO4P/c1-7-6-3-2-5(11-6)4-10-12(8)9/h5-6H,2-4H2,1H3/p+1/t5-,6+/m0/s1. The Bertz CT molecular complexity index is 166. The summed E-state index contributed by atoms with van der Waals surface area (Å²) in [6, 6.07) is 0.190. The second-order valence-electron chi connectivity index (χ2n) is 2.74. The summed E-state index contributed by atoms with van der Waals surface area (Å²) in [7, 11) is -0.490. The molecule has 12 heavy (non-hydrogen) atoms. The van der Waals surface area contributed by atoms with Gasteiger partial charge in [-0.1, -0.05) is 6.82 Å². The molecular weight excluding hydrogens is 178 g/mol. The topological polar surface area (TPSA) is 55.8 Å². The molecule has 1 N–H and O–H groups in total. The smallest absolute Gasteiger partial charge is 0.381 e. The zero-order valence-corrected chi connectivity index (χ0v) is 7.87. The van der Waals surface area contributed by atoms with Crippen molar-refractivity contribution in [2.45, 2.75) is 31.8 Å². The second kappa shape index (κ2) is 4.92. The van der Waals surface area contributed by atoms with Crippen LogP contribution in [0.2, 0.25) is 6.82 Å². The first kappa shape index (κ1) is 10.1. The van der Waals surface area contributed by atoms with Crippen LogP contribution in [0.1, 0.15) is 12.8 Å². The van der Waals surface area contributed by atoms with Crippen LogP contribution in [0.25, 0.3) is 0 Å². The molecule has 0 aromatic rings. The molecule has 0 aromatic carbocycles. The number of ether oxygens (including phenoxy) is 1. The fourth-order valence-corrected chi connectivity index (χ4v) is 1.54. The third kappa shape index (κ3) is 3.19. The van der Waals surface area contributed by atoms with Gasteiger partial charge in [0.2, 0.25) is 0 Å². The highest BCUT2D eigenvalue weighted by Gasteiger charge is 2.27. The van der Waals surface area contributed by atoms with E-state index in [1.165, 1.54) is 0 Å². The summed E-state index contributed by atoms with van der Waals surface area (Å²) >= 11 is 0. The average Bonchev–Trinajstić information content (AvgIpc) is 2.48. The van der Waals surface area contributed by atoms with Crippen LogP contribution in [0.5, 0.6) is 0 Å². The van der Waals surface area contributed by atoms with Crippen molar-refractivity contribution in [1.29, 1.82) is 0 Å². The van der Waals surface area contributed by atoms with Gasteiger partial charge < -0.3 is 4.74 Å². The Morgan fingerprint density at radius 2 is 2.50 bits per heavy atom. The van der Waals surface area contributed by atoms with E-state index < -0.39 is 8.25 Å². The molecule has 6 heteroatoms. The monoisotopic (exact) mass is 190 g/mol. The molecule has 0 aromatic heterocycles. The summed E-state index contributed by atoms with van der Waals surface area (Å²) in [5.74, 6) is 0. The van der Waals surface area contributed by atoms with E-state index in [2.05, 4.69) is 4.52 Å². The van der Waals surface area contributed by atoms with E-state index in [4.69, 9.17) is 9.63 Å². The van der Waals surface area contributed by atoms with Gasteiger partial charge in [-0.25, -0.2) is 0 Å². The van der Waals surface area contributed by atoms with Crippen molar-refractivity contribution >= 4 is 15.5 Å². The van der Waals surface area contributed by atoms with E-state index in [0.29, 0.717) is 0 Å². The Kier molecular flexibility index (Phi) is 4.16. The Hall–Kier alpha value is 0.0449. The SMILES string of the molecule is C[B][C@H]1CC[C@@H](CO[P+](=O)O)O1. The molecule has 1 rings (SSSR count). The Morgan fingerprint density at radius 3 is 3.00 bits per heavy atom. The molecule has 67 valence electrons. The lowest BCUT2D eigenvalue weighted by Crippen LogP contribution is -2.18. The molecule has 0 bridgehead atoms. The third-order valence-electron chi connectivity index (χ3n) is 1.88. The Morgan fingerprint density at radius 1 is 1.75 bits per heavy atom. The first-order valence-corrected chi connectivity index (χ1v) is 5.09. The van der Waals surface area contributed by atoms with Crippen LogP contribution in [0, 0.1) is 0 Å². The van der Waals surface area contributed by atoms with Gasteiger partial charge in [0.05, 0.1) is 6.10 Å². The van der Waals surface area contributed by atoms with Crippen LogP contribution < -0.4 is 0 Å². The quantitative estimate of drug-likeness (QED) is 0.528. The van der Waals surface area contributed by atoms with Crippen LogP contribution in [-0.4, -0.2) is 30.9 Å². The fraction of sp³-hybridized carbons (Fsp3) is 1.00. The van der Waals surface area contributed by atoms with E-state index in [1.54, 1.807) is 0 Å². The van der Waals surface area contributed by atoms with Crippen molar-refractivity contribution in [3.05, 3.63) is 0 Å². The first-order chi connectivity index (χ1) is 5.72. The molecule has 1 aliphatic heterocycles. The lowest BCUT2D eigenvalue weighted by atomic mass is 9.74. The maximum Gasteiger partial charge on any atom is 0.694 e. The summed E-state index contributed by atoms with van der Waals surface area (Å²) in [5.41, 5.74) is 0. The average molecular weight is 190 g/mol. The molecule has 0 aliphatic carbocycles. The first-order valence-electron chi connectivity index (χ1n) is 3.96. The van der Waals surface area contributed by atoms with Crippen molar-refractivity contribution in [3.8, 4) is 0 Å². The highest BCUT2D eigenvalue weighted by atomic mass is 31.1. The lowest BCUT2D eigenvalue weighted by Gasteiger charge is -2.07. The molecule has 4 nitrogen and oxygen atoms in total. The van der Waals surface area contributed by atoms with Crippen molar-refractivity contribution in [3.63, 3.8) is 0 Å². The Balaban J connectivity index is 2.15. The van der Waals surface area contributed by atoms with Gasteiger partial charge >= 0.3 is 8.25 Å². The van der Waals surface area contributed by atoms with Gasteiger partial charge in [-0.3, -0.25) is 0 Å². The maximum atomic E-state index is 10.2. The lowest BCUT2D eigenvalue weighted by molar-refractivity contribution is 0.0489. The van der Waals surface area contributed by atoms with Crippen molar-refractivity contribution in [1.82, 2.24) is 0 Å². The zero-order valence-electron chi connectivity index (χ0n) is 6.97. The number of rotatable bonds is 4. The molecule has 1 aliphatic rings. The van der Waals surface area contributed by atoms with E-state index in [-0.39, 0.29) is 18.7 Å². The molecule has 1 unspecified atom stereocenters. The summed E-state index contributed by atoms with van der Waals surface area (Å²) in [6.45, 7) is 2.16. The summed E-state index contributed by atoms with van der Waals surface area (Å²) < 4.78 is 20.2. The minimum Gasteiger partial charge on any atom is -0.381 e. The van der Waals surface area contributed by atoms with E-state index in [0.717, 1.165) is 12.8 Å². The number of hydrogen-bond donors (Lipinski definition) is 1. The van der Waals surface area contributed by atoms with Crippen molar-refractivity contribution in [2.24, 2.45) is 0 Å². The predicted molar refractivity (Wildman–Crippen MR) is 45.3 cm³/mol. The molecule has 3 atom stereocenters. The van der Waals surface area contributed by atoms with E-state index >= 15 is 0 Å². The molecule has 1 saturated heterocycles. The number of hydrogen-bond acceptors (Lipinski definition) is 3. The highest BCUT2D eigenvalue weighted by molar-refractivity contribution is 7.32. The van der Waals surface area contributed by atoms with Gasteiger partial charge in [-0.15, -0.1) is 9.42 Å². The minimum atomic E-state index is -2.48. The van der Waals surface area contributed by atoms with Gasteiger partial charge in [0.15, 0.2) is 0 Å². The van der Waals surface area contributed by atoms with E-state index in [1.807, 2.05) is 14.1 Å². The van der Waals surface area contributed by atoms with Crippen LogP contribution >= 0.6 is 8.25 Å². The van der Waals surface area contributed by atoms with Crippen LogP contribution in [0.4, 0.5) is 0 Å². The second-order valence-corrected chi connectivity index (χ2v) is 3.47. The summed E-state index contributed by atoms with van der Waals surface area (Å²) in [6.07, 6.45) is 1.86. The van der Waals surface area contributed by atoms with Crippen molar-refractivity contribution in [2.75, 3.05) is 6.61 Å².